The summed E-state index contributed by atoms with van der Waals surface area (Å²) >= 11 is 3.53. The summed E-state index contributed by atoms with van der Waals surface area (Å²) in [6, 6.07) is 4.22. The van der Waals surface area contributed by atoms with Gasteiger partial charge in [0.25, 0.3) is 0 Å². The lowest BCUT2D eigenvalue weighted by atomic mass is 10.3. The average molecular weight is 311 g/mol. The molecule has 3 heterocycles. The van der Waals surface area contributed by atoms with Crippen LogP contribution in [0.1, 0.15) is 17.2 Å². The number of nitrogens with one attached hydrogen (secondary N) is 1. The minimum atomic E-state index is 0.0881. The largest absolute Gasteiger partial charge is 0.323 e. The van der Waals surface area contributed by atoms with Gasteiger partial charge in [0, 0.05) is 44.1 Å². The topological polar surface area (TPSA) is 35.6 Å². The molecule has 1 aromatic rings. The van der Waals surface area contributed by atoms with Crippen molar-refractivity contribution in [1.29, 1.82) is 0 Å². The fourth-order valence-corrected chi connectivity index (χ4v) is 4.99. The van der Waals surface area contributed by atoms with Crippen molar-refractivity contribution in [3.8, 4) is 0 Å². The molecular formula is C14H21N3OS2. The zero-order chi connectivity index (χ0) is 13.9. The molecule has 1 amide bonds. The minimum Gasteiger partial charge on any atom is -0.323 e. The first-order valence-corrected chi connectivity index (χ1v) is 9.00. The molecule has 4 nitrogen and oxygen atoms in total. The smallest absolute Gasteiger partial charge is 0.236 e. The molecule has 3 rings (SSSR count). The predicted octanol–water partition coefficient (Wildman–Crippen LogP) is 1.62. The number of nitrogens with zero attached hydrogens (tertiary/aromatic N) is 2. The monoisotopic (exact) mass is 311 g/mol. The molecule has 2 aliphatic rings. The van der Waals surface area contributed by atoms with E-state index in [2.05, 4.69) is 32.6 Å². The third-order valence-corrected chi connectivity index (χ3v) is 6.35. The number of rotatable bonds is 4. The minimum absolute atomic E-state index is 0.0881. The average Bonchev–Trinajstić information content (AvgIpc) is 3.08. The Morgan fingerprint density at radius 2 is 2.15 bits per heavy atom. The Morgan fingerprint density at radius 1 is 1.35 bits per heavy atom. The van der Waals surface area contributed by atoms with Crippen LogP contribution in [0.5, 0.6) is 0 Å². The molecule has 1 N–H and O–H groups in total. The quantitative estimate of drug-likeness (QED) is 0.916. The third kappa shape index (κ3) is 3.03. The first-order valence-electron chi connectivity index (χ1n) is 7.18. The summed E-state index contributed by atoms with van der Waals surface area (Å²) in [5.74, 6) is 0.295. The summed E-state index contributed by atoms with van der Waals surface area (Å²) in [6.07, 6.45) is 0. The third-order valence-electron chi connectivity index (χ3n) is 3.90. The second kappa shape index (κ2) is 6.47. The summed E-state index contributed by atoms with van der Waals surface area (Å²) in [5, 5.41) is 5.77. The fraction of sp³-hybridized carbons (Fsp3) is 0.643. The summed E-state index contributed by atoms with van der Waals surface area (Å²) in [7, 11) is 0. The highest BCUT2D eigenvalue weighted by Crippen LogP contribution is 2.44. The maximum absolute atomic E-state index is 12.4. The molecule has 6 heteroatoms. The molecule has 0 spiro atoms. The molecule has 2 atom stereocenters. The van der Waals surface area contributed by atoms with Crippen molar-refractivity contribution in [2.75, 3.05) is 39.3 Å². The van der Waals surface area contributed by atoms with Gasteiger partial charge in [-0.3, -0.25) is 9.69 Å². The predicted molar refractivity (Wildman–Crippen MR) is 85.1 cm³/mol. The summed E-state index contributed by atoms with van der Waals surface area (Å²) in [4.78, 5) is 18.2. The second-order valence-corrected chi connectivity index (χ2v) is 7.67. The molecule has 0 unspecified atom stereocenters. The first-order chi connectivity index (χ1) is 9.75. The van der Waals surface area contributed by atoms with E-state index in [-0.39, 0.29) is 10.6 Å². The standard InChI is InChI=1S/C14H21N3OS2/c1-11-13(18)17(9-8-16-6-4-15-5-7-16)14(20-11)12-3-2-10-19-12/h2-3,10-11,14-15H,4-9H2,1H3/t11-,14+/m1/s1. The molecule has 0 saturated carbocycles. The zero-order valence-corrected chi connectivity index (χ0v) is 13.4. The number of amides is 1. The number of thioether (sulfide) groups is 1. The summed E-state index contributed by atoms with van der Waals surface area (Å²) < 4.78 is 0. The molecule has 0 bridgehead atoms. The van der Waals surface area contributed by atoms with Crippen LogP contribution in [-0.4, -0.2) is 60.2 Å². The molecule has 110 valence electrons. The molecular weight excluding hydrogens is 290 g/mol. The van der Waals surface area contributed by atoms with E-state index in [4.69, 9.17) is 0 Å². The van der Waals surface area contributed by atoms with Crippen LogP contribution in [0.25, 0.3) is 0 Å². The Bertz CT molecular complexity index is 445. The van der Waals surface area contributed by atoms with E-state index in [0.29, 0.717) is 5.91 Å². The Labute approximate surface area is 128 Å². The molecule has 0 aliphatic carbocycles. The zero-order valence-electron chi connectivity index (χ0n) is 11.7. The van der Waals surface area contributed by atoms with E-state index in [1.54, 1.807) is 23.1 Å². The number of carbonyl (C=O) groups is 1. The van der Waals surface area contributed by atoms with Crippen molar-refractivity contribution < 1.29 is 4.79 Å². The summed E-state index contributed by atoms with van der Waals surface area (Å²) in [6.45, 7) is 8.17. The van der Waals surface area contributed by atoms with Gasteiger partial charge in [0.05, 0.1) is 5.25 Å². The van der Waals surface area contributed by atoms with E-state index in [0.717, 1.165) is 39.3 Å². The van der Waals surface area contributed by atoms with Crippen LogP contribution in [0.15, 0.2) is 17.5 Å². The number of piperazine rings is 1. The molecule has 0 aromatic carbocycles. The Kier molecular flexibility index (Phi) is 4.65. The van der Waals surface area contributed by atoms with Crippen molar-refractivity contribution >= 4 is 29.0 Å². The van der Waals surface area contributed by atoms with Gasteiger partial charge in [-0.05, 0) is 18.4 Å². The van der Waals surface area contributed by atoms with Gasteiger partial charge in [-0.25, -0.2) is 0 Å². The molecule has 20 heavy (non-hydrogen) atoms. The van der Waals surface area contributed by atoms with Gasteiger partial charge in [-0.1, -0.05) is 6.07 Å². The number of carbonyl (C=O) groups excluding carboxylic acids is 1. The number of hydrogen-bond acceptors (Lipinski definition) is 5. The van der Waals surface area contributed by atoms with Crippen molar-refractivity contribution in [3.63, 3.8) is 0 Å². The lowest BCUT2D eigenvalue weighted by Gasteiger charge is -2.30. The van der Waals surface area contributed by atoms with E-state index >= 15 is 0 Å². The van der Waals surface area contributed by atoms with Crippen molar-refractivity contribution in [1.82, 2.24) is 15.1 Å². The van der Waals surface area contributed by atoms with E-state index < -0.39 is 0 Å². The van der Waals surface area contributed by atoms with Gasteiger partial charge in [-0.2, -0.15) is 0 Å². The van der Waals surface area contributed by atoms with Gasteiger partial charge >= 0.3 is 0 Å². The van der Waals surface area contributed by atoms with Gasteiger partial charge in [-0.15, -0.1) is 23.1 Å². The van der Waals surface area contributed by atoms with Crippen molar-refractivity contribution in [2.24, 2.45) is 0 Å². The number of hydrogen-bond donors (Lipinski definition) is 1. The molecule has 2 aliphatic heterocycles. The van der Waals surface area contributed by atoms with Crippen LogP contribution >= 0.6 is 23.1 Å². The highest BCUT2D eigenvalue weighted by molar-refractivity contribution is 8.01. The Morgan fingerprint density at radius 3 is 2.85 bits per heavy atom. The van der Waals surface area contributed by atoms with Crippen molar-refractivity contribution in [2.45, 2.75) is 17.5 Å². The molecule has 1 aromatic heterocycles. The Hall–Kier alpha value is -0.560. The van der Waals surface area contributed by atoms with Gasteiger partial charge < -0.3 is 10.2 Å². The van der Waals surface area contributed by atoms with Crippen LogP contribution in [0.4, 0.5) is 0 Å². The first kappa shape index (κ1) is 14.4. The lowest BCUT2D eigenvalue weighted by Crippen LogP contribution is -2.46. The maximum Gasteiger partial charge on any atom is 0.236 e. The Balaban J connectivity index is 1.63. The van der Waals surface area contributed by atoms with Crippen LogP contribution in [0, 0.1) is 0 Å². The van der Waals surface area contributed by atoms with Crippen LogP contribution in [0.2, 0.25) is 0 Å². The van der Waals surface area contributed by atoms with Gasteiger partial charge in [0.1, 0.15) is 5.37 Å². The highest BCUT2D eigenvalue weighted by atomic mass is 32.2. The van der Waals surface area contributed by atoms with Crippen LogP contribution < -0.4 is 5.32 Å². The molecule has 0 radical (unpaired) electrons. The lowest BCUT2D eigenvalue weighted by molar-refractivity contribution is -0.130. The van der Waals surface area contributed by atoms with Crippen LogP contribution in [0.3, 0.4) is 0 Å². The molecule has 2 fully saturated rings. The maximum atomic E-state index is 12.4. The number of thiophene rings is 1. The fourth-order valence-electron chi connectivity index (χ4n) is 2.74. The van der Waals surface area contributed by atoms with Gasteiger partial charge in [0.2, 0.25) is 5.91 Å². The normalized spacial score (nSPS) is 28.2. The summed E-state index contributed by atoms with van der Waals surface area (Å²) in [5.41, 5.74) is 0. The van der Waals surface area contributed by atoms with E-state index in [1.165, 1.54) is 4.88 Å². The highest BCUT2D eigenvalue weighted by Gasteiger charge is 2.38. The second-order valence-electron chi connectivity index (χ2n) is 5.27. The van der Waals surface area contributed by atoms with Crippen molar-refractivity contribution in [3.05, 3.63) is 22.4 Å². The van der Waals surface area contributed by atoms with Crippen LogP contribution in [-0.2, 0) is 4.79 Å². The van der Waals surface area contributed by atoms with E-state index in [9.17, 15) is 4.79 Å². The molecule has 2 saturated heterocycles. The SMILES string of the molecule is C[C@H]1S[C@@H](c2cccs2)N(CCN2CCNCC2)C1=O. The van der Waals surface area contributed by atoms with Gasteiger partial charge in [0.15, 0.2) is 0 Å². The van der Waals surface area contributed by atoms with E-state index in [1.807, 2.05) is 6.92 Å².